The highest BCUT2D eigenvalue weighted by Crippen LogP contribution is 2.22. The third-order valence-corrected chi connectivity index (χ3v) is 3.78. The minimum atomic E-state index is 0.530. The first kappa shape index (κ1) is 15.4. The van der Waals surface area contributed by atoms with E-state index in [1.165, 1.54) is 20.9 Å². The molecule has 0 unspecified atom stereocenters. The second-order valence-electron chi connectivity index (χ2n) is 5.09. The smallest absolute Gasteiger partial charge is 0.0727 e. The molecule has 0 aliphatic heterocycles. The Kier molecular flexibility index (Phi) is 6.61. The minimum absolute atomic E-state index is 0.530. The van der Waals surface area contributed by atoms with Crippen molar-refractivity contribution >= 4 is 11.3 Å². The number of aryl methyl sites for hydroxylation is 1. The summed E-state index contributed by atoms with van der Waals surface area (Å²) in [7, 11) is 0. The van der Waals surface area contributed by atoms with Gasteiger partial charge in [-0.25, -0.2) is 0 Å². The van der Waals surface area contributed by atoms with Crippen LogP contribution in [0.5, 0.6) is 0 Å². The van der Waals surface area contributed by atoms with Crippen LogP contribution < -0.4 is 5.32 Å². The van der Waals surface area contributed by atoms with Gasteiger partial charge in [0.2, 0.25) is 0 Å². The predicted octanol–water partition coefficient (Wildman–Crippen LogP) is 4.04. The number of thiophene rings is 1. The highest BCUT2D eigenvalue weighted by atomic mass is 32.1. The van der Waals surface area contributed by atoms with E-state index in [1.807, 2.05) is 18.3 Å². The fourth-order valence-electron chi connectivity index (χ4n) is 1.55. The van der Waals surface area contributed by atoms with Crippen LogP contribution in [-0.4, -0.2) is 12.6 Å². The molecule has 3 heteroatoms. The quantitative estimate of drug-likeness (QED) is 0.567. The Morgan fingerprint density at radius 2 is 2.22 bits per heavy atom. The maximum Gasteiger partial charge on any atom is 0.0727 e. The zero-order valence-electron chi connectivity index (χ0n) is 12.0. The van der Waals surface area contributed by atoms with Crippen LogP contribution in [0.4, 0.5) is 0 Å². The van der Waals surface area contributed by atoms with E-state index in [9.17, 15) is 0 Å². The van der Waals surface area contributed by atoms with Crippen molar-refractivity contribution in [3.8, 4) is 0 Å². The summed E-state index contributed by atoms with van der Waals surface area (Å²) in [5.74, 6) is 0. The molecule has 102 valence electrons. The van der Waals surface area contributed by atoms with E-state index in [0.717, 1.165) is 26.2 Å². The van der Waals surface area contributed by atoms with Gasteiger partial charge in [0.05, 0.1) is 13.2 Å². The fraction of sp³-hybridized carbons (Fsp3) is 0.600. The van der Waals surface area contributed by atoms with Crippen LogP contribution in [0.1, 0.15) is 42.5 Å². The predicted molar refractivity (Wildman–Crippen MR) is 80.1 cm³/mol. The summed E-state index contributed by atoms with van der Waals surface area (Å²) < 4.78 is 5.68. The lowest BCUT2D eigenvalue weighted by Gasteiger charge is -2.05. The second-order valence-corrected chi connectivity index (χ2v) is 6.43. The third kappa shape index (κ3) is 5.80. The Morgan fingerprint density at radius 1 is 1.50 bits per heavy atom. The lowest BCUT2D eigenvalue weighted by molar-refractivity contribution is 0.124. The van der Waals surface area contributed by atoms with Crippen LogP contribution in [0.2, 0.25) is 0 Å². The van der Waals surface area contributed by atoms with E-state index in [-0.39, 0.29) is 0 Å². The molecule has 0 spiro atoms. The number of rotatable bonds is 8. The van der Waals surface area contributed by atoms with Crippen molar-refractivity contribution in [2.75, 3.05) is 6.61 Å². The molecular formula is C15H25NOS. The molecule has 0 fully saturated rings. The first-order valence-corrected chi connectivity index (χ1v) is 7.34. The van der Waals surface area contributed by atoms with E-state index < -0.39 is 0 Å². The molecule has 0 aliphatic carbocycles. The highest BCUT2D eigenvalue weighted by Gasteiger charge is 2.06. The summed E-state index contributed by atoms with van der Waals surface area (Å²) in [6.07, 6.45) is 0.949. The summed E-state index contributed by atoms with van der Waals surface area (Å²) >= 11 is 1.86. The molecule has 0 aliphatic rings. The molecule has 0 saturated carbocycles. The van der Waals surface area contributed by atoms with Gasteiger partial charge in [-0.3, -0.25) is 0 Å². The molecule has 0 bridgehead atoms. The summed E-state index contributed by atoms with van der Waals surface area (Å²) in [4.78, 5) is 2.76. The van der Waals surface area contributed by atoms with Crippen LogP contribution in [0, 0.1) is 6.92 Å². The number of nitrogens with one attached hydrogen (secondary N) is 1. The fourth-order valence-corrected chi connectivity index (χ4v) is 2.55. The number of hydrogen-bond donors (Lipinski definition) is 1. The molecule has 1 heterocycles. The molecule has 0 radical (unpaired) electrons. The highest BCUT2D eigenvalue weighted by molar-refractivity contribution is 7.12. The Labute approximate surface area is 115 Å². The number of ether oxygens (including phenoxy) is 1. The van der Waals surface area contributed by atoms with Gasteiger partial charge >= 0.3 is 0 Å². The van der Waals surface area contributed by atoms with Gasteiger partial charge in [-0.1, -0.05) is 19.4 Å². The molecule has 18 heavy (non-hydrogen) atoms. The first-order chi connectivity index (χ1) is 8.49. The van der Waals surface area contributed by atoms with Crippen molar-refractivity contribution in [1.82, 2.24) is 5.32 Å². The monoisotopic (exact) mass is 267 g/mol. The normalized spacial score (nSPS) is 11.2. The van der Waals surface area contributed by atoms with E-state index in [1.54, 1.807) is 0 Å². The standard InChI is InChI=1S/C15H25NOS/c1-11(2)6-7-17-10-14-8-15(18-13(14)5)9-16-12(3)4/h8,12,16H,1,6-7,9-10H2,2-5H3. The molecule has 1 aromatic rings. The molecule has 2 nitrogen and oxygen atoms in total. The summed E-state index contributed by atoms with van der Waals surface area (Å²) in [5.41, 5.74) is 2.50. The maximum absolute atomic E-state index is 5.68. The van der Waals surface area contributed by atoms with Crippen molar-refractivity contribution < 1.29 is 4.74 Å². The van der Waals surface area contributed by atoms with Crippen LogP contribution >= 0.6 is 11.3 Å². The lowest BCUT2D eigenvalue weighted by atomic mass is 10.2. The summed E-state index contributed by atoms with van der Waals surface area (Å²) in [6.45, 7) is 14.9. The molecule has 0 amide bonds. The van der Waals surface area contributed by atoms with Crippen molar-refractivity contribution in [1.29, 1.82) is 0 Å². The Bertz CT molecular complexity index is 382. The van der Waals surface area contributed by atoms with Gasteiger partial charge in [0.15, 0.2) is 0 Å². The van der Waals surface area contributed by atoms with Crippen LogP contribution in [0.15, 0.2) is 18.2 Å². The van der Waals surface area contributed by atoms with Gasteiger partial charge in [0.1, 0.15) is 0 Å². The third-order valence-electron chi connectivity index (χ3n) is 2.69. The van der Waals surface area contributed by atoms with E-state index in [2.05, 4.69) is 38.7 Å². The van der Waals surface area contributed by atoms with E-state index >= 15 is 0 Å². The average molecular weight is 267 g/mol. The molecule has 1 rings (SSSR count). The van der Waals surface area contributed by atoms with Gasteiger partial charge in [0, 0.05) is 22.3 Å². The van der Waals surface area contributed by atoms with E-state index in [0.29, 0.717) is 6.04 Å². The number of hydrogen-bond acceptors (Lipinski definition) is 3. The Balaban J connectivity index is 2.39. The second kappa shape index (κ2) is 7.72. The SMILES string of the molecule is C=C(C)CCOCc1cc(CNC(C)C)sc1C. The summed E-state index contributed by atoms with van der Waals surface area (Å²) in [5, 5.41) is 3.44. The zero-order valence-corrected chi connectivity index (χ0v) is 12.8. The molecule has 0 aromatic carbocycles. The zero-order chi connectivity index (χ0) is 13.5. The maximum atomic E-state index is 5.68. The largest absolute Gasteiger partial charge is 0.376 e. The van der Waals surface area contributed by atoms with Crippen LogP contribution in [0.3, 0.4) is 0 Å². The van der Waals surface area contributed by atoms with Crippen LogP contribution in [0.25, 0.3) is 0 Å². The van der Waals surface area contributed by atoms with Crippen molar-refractivity contribution in [2.24, 2.45) is 0 Å². The average Bonchev–Trinajstić information content (AvgIpc) is 2.63. The van der Waals surface area contributed by atoms with Crippen molar-refractivity contribution in [2.45, 2.75) is 53.3 Å². The molecule has 0 atom stereocenters. The molecular weight excluding hydrogens is 242 g/mol. The summed E-state index contributed by atoms with van der Waals surface area (Å²) in [6, 6.07) is 2.79. The minimum Gasteiger partial charge on any atom is -0.376 e. The molecule has 1 N–H and O–H groups in total. The Morgan fingerprint density at radius 3 is 2.83 bits per heavy atom. The van der Waals surface area contributed by atoms with Gasteiger partial charge < -0.3 is 10.1 Å². The molecule has 1 aromatic heterocycles. The van der Waals surface area contributed by atoms with Gasteiger partial charge in [-0.2, -0.15) is 0 Å². The topological polar surface area (TPSA) is 21.3 Å². The van der Waals surface area contributed by atoms with Gasteiger partial charge in [-0.05, 0) is 31.9 Å². The van der Waals surface area contributed by atoms with Gasteiger partial charge in [-0.15, -0.1) is 17.9 Å². The molecule has 0 saturated heterocycles. The van der Waals surface area contributed by atoms with Gasteiger partial charge in [0.25, 0.3) is 0 Å². The first-order valence-electron chi connectivity index (χ1n) is 6.52. The van der Waals surface area contributed by atoms with Crippen molar-refractivity contribution in [3.63, 3.8) is 0 Å². The van der Waals surface area contributed by atoms with E-state index in [4.69, 9.17) is 4.74 Å². The lowest BCUT2D eigenvalue weighted by Crippen LogP contribution is -2.21. The van der Waals surface area contributed by atoms with Crippen LogP contribution in [-0.2, 0) is 17.9 Å². The van der Waals surface area contributed by atoms with Crippen molar-refractivity contribution in [3.05, 3.63) is 33.5 Å². The Hall–Kier alpha value is -0.640.